The summed E-state index contributed by atoms with van der Waals surface area (Å²) in [5.74, 6) is 0.177. The maximum Gasteiger partial charge on any atom is 0.220 e. The normalized spacial score (nSPS) is 17.4. The molecule has 1 saturated heterocycles. The van der Waals surface area contributed by atoms with Crippen molar-refractivity contribution in [2.75, 3.05) is 19.8 Å². The first-order valence-electron chi connectivity index (χ1n) is 7.83. The van der Waals surface area contributed by atoms with E-state index in [1.165, 1.54) is 4.90 Å². The number of hydrogen-bond acceptors (Lipinski definition) is 3. The van der Waals surface area contributed by atoms with Gasteiger partial charge in [0, 0.05) is 35.8 Å². The van der Waals surface area contributed by atoms with Gasteiger partial charge in [-0.1, -0.05) is 31.5 Å². The maximum atomic E-state index is 11.9. The standard InChI is InChI=1S/C17H25NO2S/c1-2-3-9-16(19)18-14-17(10-12-20-13-11-17)21-15-7-5-4-6-8-15/h4-8H,2-3,9-14H2,1H3,(H,18,19). The second kappa shape index (κ2) is 8.44. The van der Waals surface area contributed by atoms with E-state index in [1.54, 1.807) is 0 Å². The molecule has 1 fully saturated rings. The van der Waals surface area contributed by atoms with Gasteiger partial charge in [-0.05, 0) is 31.4 Å². The smallest absolute Gasteiger partial charge is 0.220 e. The number of nitrogens with one attached hydrogen (secondary N) is 1. The zero-order valence-corrected chi connectivity index (χ0v) is 13.6. The van der Waals surface area contributed by atoms with Crippen molar-refractivity contribution in [1.82, 2.24) is 5.32 Å². The highest BCUT2D eigenvalue weighted by Crippen LogP contribution is 2.40. The molecule has 21 heavy (non-hydrogen) atoms. The lowest BCUT2D eigenvalue weighted by Crippen LogP contribution is -2.44. The Morgan fingerprint density at radius 3 is 2.67 bits per heavy atom. The Morgan fingerprint density at radius 2 is 2.00 bits per heavy atom. The monoisotopic (exact) mass is 307 g/mol. The average molecular weight is 307 g/mol. The van der Waals surface area contributed by atoms with E-state index in [0.717, 1.165) is 45.4 Å². The molecule has 4 heteroatoms. The molecule has 0 bridgehead atoms. The van der Waals surface area contributed by atoms with Crippen LogP contribution >= 0.6 is 11.8 Å². The van der Waals surface area contributed by atoms with Crippen molar-refractivity contribution in [2.24, 2.45) is 0 Å². The fraction of sp³-hybridized carbons (Fsp3) is 0.588. The minimum Gasteiger partial charge on any atom is -0.381 e. The predicted octanol–water partition coefficient (Wildman–Crippen LogP) is 3.63. The van der Waals surface area contributed by atoms with Crippen LogP contribution in [-0.4, -0.2) is 30.4 Å². The second-order valence-corrected chi connectivity index (χ2v) is 7.13. The quantitative estimate of drug-likeness (QED) is 0.836. The van der Waals surface area contributed by atoms with Gasteiger partial charge in [-0.2, -0.15) is 0 Å². The van der Waals surface area contributed by atoms with Crippen LogP contribution in [0.15, 0.2) is 35.2 Å². The van der Waals surface area contributed by atoms with Crippen molar-refractivity contribution in [3.63, 3.8) is 0 Å². The van der Waals surface area contributed by atoms with Crippen molar-refractivity contribution >= 4 is 17.7 Å². The van der Waals surface area contributed by atoms with Gasteiger partial charge in [-0.3, -0.25) is 4.79 Å². The number of carbonyl (C=O) groups excluding carboxylic acids is 1. The fourth-order valence-electron chi connectivity index (χ4n) is 2.48. The molecule has 1 aromatic rings. The number of benzene rings is 1. The third-order valence-electron chi connectivity index (χ3n) is 3.85. The van der Waals surface area contributed by atoms with E-state index in [4.69, 9.17) is 4.74 Å². The van der Waals surface area contributed by atoms with Crippen LogP contribution in [0.1, 0.15) is 39.0 Å². The maximum absolute atomic E-state index is 11.9. The van der Waals surface area contributed by atoms with Gasteiger partial charge in [0.2, 0.25) is 5.91 Å². The molecule has 2 rings (SSSR count). The molecular weight excluding hydrogens is 282 g/mol. The van der Waals surface area contributed by atoms with Gasteiger partial charge in [-0.15, -0.1) is 11.8 Å². The Balaban J connectivity index is 1.95. The third-order valence-corrected chi connectivity index (χ3v) is 5.34. The van der Waals surface area contributed by atoms with Crippen molar-refractivity contribution in [1.29, 1.82) is 0 Å². The number of ether oxygens (including phenoxy) is 1. The van der Waals surface area contributed by atoms with Crippen molar-refractivity contribution in [2.45, 2.75) is 48.7 Å². The summed E-state index contributed by atoms with van der Waals surface area (Å²) in [6, 6.07) is 10.4. The van der Waals surface area contributed by atoms with Gasteiger partial charge >= 0.3 is 0 Å². The third kappa shape index (κ3) is 5.36. The number of carbonyl (C=O) groups is 1. The fourth-order valence-corrected chi connectivity index (χ4v) is 3.79. The first-order valence-corrected chi connectivity index (χ1v) is 8.64. The van der Waals surface area contributed by atoms with Crippen molar-refractivity contribution in [3.8, 4) is 0 Å². The Morgan fingerprint density at radius 1 is 1.29 bits per heavy atom. The molecule has 1 aliphatic heterocycles. The summed E-state index contributed by atoms with van der Waals surface area (Å²) in [6.07, 6.45) is 4.64. The summed E-state index contributed by atoms with van der Waals surface area (Å²) < 4.78 is 5.58. The van der Waals surface area contributed by atoms with Gasteiger partial charge in [0.15, 0.2) is 0 Å². The zero-order valence-electron chi connectivity index (χ0n) is 12.8. The average Bonchev–Trinajstić information content (AvgIpc) is 2.53. The molecule has 1 aliphatic rings. The Labute approximate surface area is 131 Å². The number of thioether (sulfide) groups is 1. The Hall–Kier alpha value is -1.00. The molecule has 0 unspecified atom stereocenters. The number of unbranched alkanes of at least 4 members (excludes halogenated alkanes) is 1. The van der Waals surface area contributed by atoms with Gasteiger partial charge in [0.25, 0.3) is 0 Å². The van der Waals surface area contributed by atoms with E-state index in [9.17, 15) is 4.79 Å². The summed E-state index contributed by atoms with van der Waals surface area (Å²) in [7, 11) is 0. The van der Waals surface area contributed by atoms with Crippen molar-refractivity contribution in [3.05, 3.63) is 30.3 Å². The lowest BCUT2D eigenvalue weighted by Gasteiger charge is -2.36. The topological polar surface area (TPSA) is 38.3 Å². The minimum absolute atomic E-state index is 0.0709. The number of hydrogen-bond donors (Lipinski definition) is 1. The van der Waals surface area contributed by atoms with E-state index < -0.39 is 0 Å². The highest BCUT2D eigenvalue weighted by molar-refractivity contribution is 8.00. The van der Waals surface area contributed by atoms with Crippen LogP contribution in [-0.2, 0) is 9.53 Å². The largest absolute Gasteiger partial charge is 0.381 e. The van der Waals surface area contributed by atoms with Gasteiger partial charge in [-0.25, -0.2) is 0 Å². The summed E-state index contributed by atoms with van der Waals surface area (Å²) >= 11 is 1.88. The van der Waals surface area contributed by atoms with Crippen LogP contribution in [0.25, 0.3) is 0 Å². The van der Waals surface area contributed by atoms with Gasteiger partial charge < -0.3 is 10.1 Å². The first kappa shape index (κ1) is 16.4. The van der Waals surface area contributed by atoms with E-state index in [1.807, 2.05) is 17.8 Å². The van der Waals surface area contributed by atoms with Gasteiger partial charge in [0.05, 0.1) is 0 Å². The SMILES string of the molecule is CCCCC(=O)NCC1(Sc2ccccc2)CCOCC1. The van der Waals surface area contributed by atoms with Crippen molar-refractivity contribution < 1.29 is 9.53 Å². The van der Waals surface area contributed by atoms with Crippen LogP contribution in [0.5, 0.6) is 0 Å². The van der Waals surface area contributed by atoms with Crippen LogP contribution in [0, 0.1) is 0 Å². The van der Waals surface area contributed by atoms with E-state index >= 15 is 0 Å². The van der Waals surface area contributed by atoms with Crippen LogP contribution in [0.2, 0.25) is 0 Å². The molecule has 1 amide bonds. The van der Waals surface area contributed by atoms with Crippen LogP contribution in [0.4, 0.5) is 0 Å². The van der Waals surface area contributed by atoms with E-state index in [2.05, 4.69) is 36.5 Å². The van der Waals surface area contributed by atoms with E-state index in [-0.39, 0.29) is 10.7 Å². The highest BCUT2D eigenvalue weighted by Gasteiger charge is 2.34. The molecule has 0 saturated carbocycles. The summed E-state index contributed by atoms with van der Waals surface area (Å²) in [5.41, 5.74) is 0. The lowest BCUT2D eigenvalue weighted by molar-refractivity contribution is -0.121. The summed E-state index contributed by atoms with van der Waals surface area (Å²) in [4.78, 5) is 13.2. The minimum atomic E-state index is 0.0709. The lowest BCUT2D eigenvalue weighted by atomic mass is 9.99. The Kier molecular flexibility index (Phi) is 6.58. The molecule has 1 heterocycles. The van der Waals surface area contributed by atoms with E-state index in [0.29, 0.717) is 6.42 Å². The zero-order chi connectivity index (χ0) is 15.0. The molecule has 0 aliphatic carbocycles. The highest BCUT2D eigenvalue weighted by atomic mass is 32.2. The summed E-state index contributed by atoms with van der Waals surface area (Å²) in [5, 5.41) is 3.13. The van der Waals surface area contributed by atoms with Crippen LogP contribution in [0.3, 0.4) is 0 Å². The predicted molar refractivity (Wildman–Crippen MR) is 87.6 cm³/mol. The second-order valence-electron chi connectivity index (χ2n) is 5.59. The number of amides is 1. The molecular formula is C17H25NO2S. The van der Waals surface area contributed by atoms with Gasteiger partial charge in [0.1, 0.15) is 0 Å². The molecule has 0 spiro atoms. The molecule has 1 aromatic carbocycles. The molecule has 1 N–H and O–H groups in total. The summed E-state index contributed by atoms with van der Waals surface area (Å²) in [6.45, 7) is 4.41. The molecule has 3 nitrogen and oxygen atoms in total. The van der Waals surface area contributed by atoms with Crippen LogP contribution < -0.4 is 5.32 Å². The molecule has 116 valence electrons. The Bertz CT molecular complexity index is 430. The molecule has 0 radical (unpaired) electrons. The molecule has 0 aromatic heterocycles. The number of rotatable bonds is 7. The first-order chi connectivity index (χ1) is 10.2. The molecule has 0 atom stereocenters.